The van der Waals surface area contributed by atoms with Crippen molar-refractivity contribution in [3.05, 3.63) is 36.0 Å². The molecule has 1 aromatic heterocycles. The van der Waals surface area contributed by atoms with Gasteiger partial charge in [0.2, 0.25) is 5.91 Å². The van der Waals surface area contributed by atoms with Gasteiger partial charge in [0.05, 0.1) is 6.61 Å². The molecule has 1 saturated heterocycles. The van der Waals surface area contributed by atoms with Crippen molar-refractivity contribution >= 4 is 16.8 Å². The van der Waals surface area contributed by atoms with E-state index in [1.54, 1.807) is 5.06 Å². The van der Waals surface area contributed by atoms with E-state index >= 15 is 0 Å². The first-order valence-corrected chi connectivity index (χ1v) is 7.25. The molecular weight excluding hydrogens is 252 g/mol. The molecule has 0 unspecified atom stereocenters. The van der Waals surface area contributed by atoms with E-state index in [4.69, 9.17) is 4.84 Å². The summed E-state index contributed by atoms with van der Waals surface area (Å²) in [4.78, 5) is 21.1. The van der Waals surface area contributed by atoms with Crippen LogP contribution < -0.4 is 0 Å². The fourth-order valence-corrected chi connectivity index (χ4v) is 2.73. The lowest BCUT2D eigenvalue weighted by Crippen LogP contribution is -2.39. The van der Waals surface area contributed by atoms with Gasteiger partial charge < -0.3 is 4.98 Å². The summed E-state index contributed by atoms with van der Waals surface area (Å²) in [5.41, 5.74) is 2.31. The first kappa shape index (κ1) is 13.2. The highest BCUT2D eigenvalue weighted by molar-refractivity contribution is 5.84. The summed E-state index contributed by atoms with van der Waals surface area (Å²) in [5.74, 6) is 0.0299. The van der Waals surface area contributed by atoms with Crippen molar-refractivity contribution in [1.29, 1.82) is 0 Å². The van der Waals surface area contributed by atoms with Crippen molar-refractivity contribution in [3.8, 4) is 0 Å². The molecular formula is C16H20N2O2. The van der Waals surface area contributed by atoms with Gasteiger partial charge in [0.15, 0.2) is 0 Å². The number of rotatable bonds is 3. The second-order valence-electron chi connectivity index (χ2n) is 5.45. The summed E-state index contributed by atoms with van der Waals surface area (Å²) in [6, 6.07) is 8.19. The maximum absolute atomic E-state index is 12.4. The Labute approximate surface area is 118 Å². The molecule has 3 rings (SSSR count). The fourth-order valence-electron chi connectivity index (χ4n) is 2.73. The van der Waals surface area contributed by atoms with Crippen molar-refractivity contribution in [2.45, 2.75) is 26.2 Å². The SMILES string of the molecule is C[C@@H](Cc1c[nH]c2ccccc12)C(=O)N1CCCCO1. The summed E-state index contributed by atoms with van der Waals surface area (Å²) in [6.45, 7) is 3.35. The predicted octanol–water partition coefficient (Wildman–Crippen LogP) is 2.90. The van der Waals surface area contributed by atoms with Crippen molar-refractivity contribution in [3.63, 3.8) is 0 Å². The lowest BCUT2D eigenvalue weighted by Gasteiger charge is -2.28. The van der Waals surface area contributed by atoms with Gasteiger partial charge in [0.1, 0.15) is 0 Å². The molecule has 2 heterocycles. The topological polar surface area (TPSA) is 45.3 Å². The summed E-state index contributed by atoms with van der Waals surface area (Å²) in [6.07, 6.45) is 4.82. The molecule has 0 radical (unpaired) electrons. The zero-order chi connectivity index (χ0) is 13.9. The zero-order valence-electron chi connectivity index (χ0n) is 11.8. The van der Waals surface area contributed by atoms with Crippen molar-refractivity contribution in [2.75, 3.05) is 13.2 Å². The number of nitrogens with zero attached hydrogens (tertiary/aromatic N) is 1. The maximum atomic E-state index is 12.4. The number of aromatic nitrogens is 1. The van der Waals surface area contributed by atoms with Crippen LogP contribution in [0.5, 0.6) is 0 Å². The number of hydroxylamine groups is 2. The first-order valence-electron chi connectivity index (χ1n) is 7.25. The van der Waals surface area contributed by atoms with Crippen LogP contribution in [0.2, 0.25) is 0 Å². The Morgan fingerprint density at radius 1 is 1.40 bits per heavy atom. The van der Waals surface area contributed by atoms with E-state index in [9.17, 15) is 4.79 Å². The van der Waals surface area contributed by atoms with Gasteiger partial charge in [-0.3, -0.25) is 9.63 Å². The second kappa shape index (κ2) is 5.67. The number of amides is 1. The van der Waals surface area contributed by atoms with Crippen molar-refractivity contribution < 1.29 is 9.63 Å². The highest BCUT2D eigenvalue weighted by Crippen LogP contribution is 2.22. The Bertz CT molecular complexity index is 599. The Morgan fingerprint density at radius 2 is 2.25 bits per heavy atom. The smallest absolute Gasteiger partial charge is 0.249 e. The van der Waals surface area contributed by atoms with Crippen LogP contribution >= 0.6 is 0 Å². The zero-order valence-corrected chi connectivity index (χ0v) is 11.8. The van der Waals surface area contributed by atoms with E-state index in [1.807, 2.05) is 25.3 Å². The summed E-state index contributed by atoms with van der Waals surface area (Å²) < 4.78 is 0. The lowest BCUT2D eigenvalue weighted by atomic mass is 9.99. The quantitative estimate of drug-likeness (QED) is 0.933. The minimum absolute atomic E-state index is 0.0627. The van der Waals surface area contributed by atoms with E-state index in [0.29, 0.717) is 6.61 Å². The second-order valence-corrected chi connectivity index (χ2v) is 5.45. The first-order chi connectivity index (χ1) is 9.75. The van der Waals surface area contributed by atoms with Crippen LogP contribution in [0.1, 0.15) is 25.3 Å². The number of H-pyrrole nitrogens is 1. The van der Waals surface area contributed by atoms with Crippen LogP contribution in [0.4, 0.5) is 0 Å². The molecule has 2 aromatic rings. The number of carbonyl (C=O) groups excluding carboxylic acids is 1. The van der Waals surface area contributed by atoms with E-state index < -0.39 is 0 Å². The van der Waals surface area contributed by atoms with E-state index in [1.165, 1.54) is 10.9 Å². The monoisotopic (exact) mass is 272 g/mol. The van der Waals surface area contributed by atoms with Crippen LogP contribution in [-0.4, -0.2) is 29.1 Å². The third-order valence-corrected chi connectivity index (χ3v) is 3.87. The largest absolute Gasteiger partial charge is 0.361 e. The molecule has 1 aliphatic rings. The number of hydrogen-bond donors (Lipinski definition) is 1. The molecule has 1 aromatic carbocycles. The minimum Gasteiger partial charge on any atom is -0.361 e. The molecule has 0 saturated carbocycles. The molecule has 106 valence electrons. The van der Waals surface area contributed by atoms with Gasteiger partial charge >= 0.3 is 0 Å². The molecule has 0 aliphatic carbocycles. The summed E-state index contributed by atoms with van der Waals surface area (Å²) >= 11 is 0. The number of benzene rings is 1. The third-order valence-electron chi connectivity index (χ3n) is 3.87. The predicted molar refractivity (Wildman–Crippen MR) is 78.1 cm³/mol. The van der Waals surface area contributed by atoms with Crippen LogP contribution in [0.15, 0.2) is 30.5 Å². The fraction of sp³-hybridized carbons (Fsp3) is 0.438. The average Bonchev–Trinajstić information content (AvgIpc) is 2.91. The van der Waals surface area contributed by atoms with Gasteiger partial charge in [-0.05, 0) is 30.9 Å². The third kappa shape index (κ3) is 2.56. The molecule has 1 fully saturated rings. The standard InChI is InChI=1S/C16H20N2O2/c1-12(16(19)18-8-4-5-9-20-18)10-13-11-17-15-7-3-2-6-14(13)15/h2-3,6-7,11-12,17H,4-5,8-10H2,1H3/t12-/m0/s1. The lowest BCUT2D eigenvalue weighted by molar-refractivity contribution is -0.200. The average molecular weight is 272 g/mol. The van der Waals surface area contributed by atoms with Crippen molar-refractivity contribution in [1.82, 2.24) is 10.0 Å². The Balaban J connectivity index is 1.71. The normalized spacial score (nSPS) is 17.4. The maximum Gasteiger partial charge on any atom is 0.249 e. The minimum atomic E-state index is -0.0627. The Morgan fingerprint density at radius 3 is 3.05 bits per heavy atom. The van der Waals surface area contributed by atoms with Crippen LogP contribution in [0, 0.1) is 5.92 Å². The Hall–Kier alpha value is -1.81. The number of aromatic amines is 1. The molecule has 1 aliphatic heterocycles. The molecule has 0 spiro atoms. The molecule has 1 N–H and O–H groups in total. The molecule has 0 bridgehead atoms. The van der Waals surface area contributed by atoms with Crippen LogP contribution in [0.25, 0.3) is 10.9 Å². The number of carbonyl (C=O) groups is 1. The number of hydrogen-bond acceptors (Lipinski definition) is 2. The highest BCUT2D eigenvalue weighted by Gasteiger charge is 2.24. The van der Waals surface area contributed by atoms with Crippen molar-refractivity contribution in [2.24, 2.45) is 5.92 Å². The molecule has 20 heavy (non-hydrogen) atoms. The van der Waals surface area contributed by atoms with Crippen LogP contribution in [0.3, 0.4) is 0 Å². The highest BCUT2D eigenvalue weighted by atomic mass is 16.7. The van der Waals surface area contributed by atoms with Gasteiger partial charge in [-0.25, -0.2) is 5.06 Å². The van der Waals surface area contributed by atoms with E-state index in [2.05, 4.69) is 17.1 Å². The molecule has 4 heteroatoms. The number of nitrogens with one attached hydrogen (secondary N) is 1. The van der Waals surface area contributed by atoms with E-state index in [0.717, 1.165) is 31.3 Å². The van der Waals surface area contributed by atoms with Gasteiger partial charge in [-0.2, -0.15) is 0 Å². The van der Waals surface area contributed by atoms with Crippen LogP contribution in [-0.2, 0) is 16.1 Å². The summed E-state index contributed by atoms with van der Waals surface area (Å²) in [7, 11) is 0. The molecule has 1 amide bonds. The molecule has 1 atom stereocenters. The molecule has 4 nitrogen and oxygen atoms in total. The number of fused-ring (bicyclic) bond motifs is 1. The van der Waals surface area contributed by atoms with Gasteiger partial charge in [0.25, 0.3) is 0 Å². The summed E-state index contributed by atoms with van der Waals surface area (Å²) in [5, 5.41) is 2.75. The number of para-hydroxylation sites is 1. The van der Waals surface area contributed by atoms with Gasteiger partial charge in [-0.15, -0.1) is 0 Å². The van der Waals surface area contributed by atoms with Gasteiger partial charge in [-0.1, -0.05) is 25.1 Å². The Kier molecular flexibility index (Phi) is 3.74. The van der Waals surface area contributed by atoms with E-state index in [-0.39, 0.29) is 11.8 Å². The van der Waals surface area contributed by atoms with Gasteiger partial charge in [0, 0.05) is 29.6 Å².